The summed E-state index contributed by atoms with van der Waals surface area (Å²) in [5.74, 6) is 3.06. The summed E-state index contributed by atoms with van der Waals surface area (Å²) in [6.07, 6.45) is 9.72. The van der Waals surface area contributed by atoms with Crippen LogP contribution in [0, 0.1) is 5.92 Å². The molecule has 16 heteroatoms. The first-order valence-electron chi connectivity index (χ1n) is 11.6. The zero-order valence-corrected chi connectivity index (χ0v) is 21.2. The average Bonchev–Trinajstić information content (AvgIpc) is 3.62. The molecular formula is C22H29N11O3S2. The Kier molecular flexibility index (Phi) is 8.73. The third kappa shape index (κ3) is 6.55. The van der Waals surface area contributed by atoms with Gasteiger partial charge in [-0.15, -0.1) is 0 Å². The van der Waals surface area contributed by atoms with E-state index in [0.29, 0.717) is 39.1 Å². The van der Waals surface area contributed by atoms with E-state index in [4.69, 9.17) is 15.9 Å². The molecule has 0 bridgehead atoms. The average molecular weight is 560 g/mol. The summed E-state index contributed by atoms with van der Waals surface area (Å²) in [6, 6.07) is 0. The van der Waals surface area contributed by atoms with Crippen molar-refractivity contribution >= 4 is 57.7 Å². The topological polar surface area (TPSA) is 227 Å². The van der Waals surface area contributed by atoms with E-state index < -0.39 is 0 Å². The molecule has 8 N–H and O–H groups in total. The van der Waals surface area contributed by atoms with Gasteiger partial charge in [-0.3, -0.25) is 19.6 Å². The Morgan fingerprint density at radius 1 is 0.842 bits per heavy atom. The lowest BCUT2D eigenvalue weighted by Gasteiger charge is -2.20. The van der Waals surface area contributed by atoms with E-state index in [2.05, 4.69) is 44.9 Å². The van der Waals surface area contributed by atoms with Gasteiger partial charge in [-0.1, -0.05) is 50.2 Å². The fourth-order valence-corrected chi connectivity index (χ4v) is 5.73. The Bertz CT molecular complexity index is 1600. The Hall–Kier alpha value is -3.79. The predicted molar refractivity (Wildman–Crippen MR) is 148 cm³/mol. The van der Waals surface area contributed by atoms with E-state index in [0.717, 1.165) is 16.8 Å². The number of thioether (sulfide) groups is 2. The number of hydrogen-bond acceptors (Lipinski definition) is 12. The molecular weight excluding hydrogens is 530 g/mol. The fourth-order valence-electron chi connectivity index (χ4n) is 3.95. The minimum Gasteiger partial charge on any atom is -0.448 e. The fraction of sp³-hybridized carbons (Fsp3) is 0.409. The van der Waals surface area contributed by atoms with Gasteiger partial charge in [-0.05, 0) is 18.8 Å². The van der Waals surface area contributed by atoms with Gasteiger partial charge in [0.1, 0.15) is 6.26 Å². The van der Waals surface area contributed by atoms with Gasteiger partial charge in [0.2, 0.25) is 17.8 Å². The third-order valence-electron chi connectivity index (χ3n) is 5.71. The Labute approximate surface area is 224 Å². The molecule has 1 saturated carbocycles. The number of aromatic nitrogens is 9. The van der Waals surface area contributed by atoms with Gasteiger partial charge in [0, 0.05) is 5.75 Å². The molecule has 1 aliphatic rings. The van der Waals surface area contributed by atoms with Gasteiger partial charge in [0.15, 0.2) is 32.6 Å². The second-order valence-electron chi connectivity index (χ2n) is 8.41. The van der Waals surface area contributed by atoms with Crippen LogP contribution in [0.2, 0.25) is 0 Å². The summed E-state index contributed by atoms with van der Waals surface area (Å²) in [5.41, 5.74) is 11.7. The highest BCUT2D eigenvalue weighted by atomic mass is 32.2. The van der Waals surface area contributed by atoms with Crippen LogP contribution in [0.25, 0.3) is 22.3 Å². The highest BCUT2D eigenvalue weighted by molar-refractivity contribution is 7.99. The quantitative estimate of drug-likeness (QED) is 0.165. The third-order valence-corrected chi connectivity index (χ3v) is 7.68. The van der Waals surface area contributed by atoms with E-state index in [9.17, 15) is 9.59 Å². The van der Waals surface area contributed by atoms with Crippen LogP contribution in [0.3, 0.4) is 0 Å². The molecule has 0 amide bonds. The Morgan fingerprint density at radius 2 is 1.42 bits per heavy atom. The number of nitrogens with two attached hydrogens (primary N) is 2. The molecule has 0 unspecified atom stereocenters. The van der Waals surface area contributed by atoms with E-state index in [1.54, 1.807) is 18.0 Å². The Balaban J connectivity index is 0.000000173. The zero-order valence-electron chi connectivity index (χ0n) is 19.6. The summed E-state index contributed by atoms with van der Waals surface area (Å²) in [7, 11) is 0. The van der Waals surface area contributed by atoms with Crippen LogP contribution in [0.4, 0.5) is 11.9 Å². The summed E-state index contributed by atoms with van der Waals surface area (Å²) in [6.45, 7) is 0. The number of anilines is 2. The maximum Gasteiger partial charge on any atom is 0.278 e. The molecule has 1 fully saturated rings. The molecule has 5 heterocycles. The maximum atomic E-state index is 11.7. The number of nitrogen functional groups attached to an aromatic ring is 2. The summed E-state index contributed by atoms with van der Waals surface area (Å²) in [4.78, 5) is 54.4. The van der Waals surface area contributed by atoms with Crippen LogP contribution in [0.5, 0.6) is 0 Å². The number of nitrogens with one attached hydrogen (secondary N) is 4. The van der Waals surface area contributed by atoms with Gasteiger partial charge in [-0.25, -0.2) is 15.0 Å². The van der Waals surface area contributed by atoms with Crippen LogP contribution in [-0.4, -0.2) is 50.6 Å². The number of oxazole rings is 1. The highest BCUT2D eigenvalue weighted by Gasteiger charge is 2.16. The zero-order chi connectivity index (χ0) is 25.8. The largest absolute Gasteiger partial charge is 0.448 e. The van der Waals surface area contributed by atoms with Crippen LogP contribution >= 0.6 is 23.5 Å². The van der Waals surface area contributed by atoms with Crippen molar-refractivity contribution in [2.45, 2.75) is 55.6 Å². The highest BCUT2D eigenvalue weighted by Crippen LogP contribution is 2.29. The Morgan fingerprint density at radius 3 is 1.97 bits per heavy atom. The molecule has 0 atom stereocenters. The SMILES string of the molecule is C.Nc1nc2nc(SCC3CCCCC3)[nH]c2c(=O)[nH]1.Nc1nc2nc(SCc3ncco3)[nH]c2c(=O)[nH]1. The standard InChI is InChI=1S/C12H17N5OS.C9H8N6O2S.CH4/c13-11-15-9-8(10(18)17-11)14-12(16-9)19-6-7-4-2-1-3-5-7;10-8-13-6-5(7(16)15-8)12-9(14-6)18-3-4-11-1-2-17-4;/h7H,1-6H2,(H4,13,14,15,16,17,18);1-2H,3H2,(H4,10,12,13,14,15,16);1H4. The van der Waals surface area contributed by atoms with Crippen LogP contribution in [0.15, 0.2) is 36.8 Å². The molecule has 0 aromatic carbocycles. The molecule has 14 nitrogen and oxygen atoms in total. The minimum absolute atomic E-state index is 0. The first kappa shape index (κ1) is 27.3. The number of aromatic amines is 4. The molecule has 202 valence electrons. The number of nitrogens with zero attached hydrogens (tertiary/aromatic N) is 5. The lowest BCUT2D eigenvalue weighted by molar-refractivity contribution is 0.391. The molecule has 1 aliphatic carbocycles. The molecule has 6 rings (SSSR count). The molecule has 5 aromatic rings. The lowest BCUT2D eigenvalue weighted by Crippen LogP contribution is -2.10. The molecule has 0 radical (unpaired) electrons. The van der Waals surface area contributed by atoms with Gasteiger partial charge in [0.05, 0.1) is 11.9 Å². The number of H-pyrrole nitrogens is 4. The summed E-state index contributed by atoms with van der Waals surface area (Å²) >= 11 is 3.03. The van der Waals surface area contributed by atoms with E-state index in [-0.39, 0.29) is 30.4 Å². The van der Waals surface area contributed by atoms with E-state index in [1.165, 1.54) is 50.1 Å². The minimum atomic E-state index is -0.340. The van der Waals surface area contributed by atoms with Gasteiger partial charge < -0.3 is 25.9 Å². The second kappa shape index (κ2) is 12.2. The monoisotopic (exact) mass is 559 g/mol. The van der Waals surface area contributed by atoms with Crippen molar-refractivity contribution in [1.82, 2.24) is 44.9 Å². The maximum absolute atomic E-state index is 11.7. The molecule has 5 aromatic heterocycles. The molecule has 0 spiro atoms. The van der Waals surface area contributed by atoms with Crippen molar-refractivity contribution in [3.05, 3.63) is 39.1 Å². The predicted octanol–water partition coefficient (Wildman–Crippen LogP) is 3.05. The van der Waals surface area contributed by atoms with E-state index in [1.807, 2.05) is 0 Å². The number of imidazole rings is 2. The summed E-state index contributed by atoms with van der Waals surface area (Å²) in [5, 5.41) is 1.32. The first-order valence-corrected chi connectivity index (χ1v) is 13.6. The van der Waals surface area contributed by atoms with Crippen molar-refractivity contribution in [3.63, 3.8) is 0 Å². The molecule has 0 aliphatic heterocycles. The number of rotatable bonds is 6. The normalized spacial score (nSPS) is 13.8. The second-order valence-corrected chi connectivity index (χ2v) is 10.4. The van der Waals surface area contributed by atoms with Crippen LogP contribution in [-0.2, 0) is 5.75 Å². The van der Waals surface area contributed by atoms with E-state index >= 15 is 0 Å². The molecule has 38 heavy (non-hydrogen) atoms. The van der Waals surface area contributed by atoms with Crippen molar-refractivity contribution in [2.24, 2.45) is 5.92 Å². The summed E-state index contributed by atoms with van der Waals surface area (Å²) < 4.78 is 5.10. The van der Waals surface area contributed by atoms with Gasteiger partial charge in [-0.2, -0.15) is 9.97 Å². The number of fused-ring (bicyclic) bond motifs is 2. The van der Waals surface area contributed by atoms with Crippen molar-refractivity contribution < 1.29 is 4.42 Å². The first-order chi connectivity index (χ1) is 17.9. The van der Waals surface area contributed by atoms with Crippen LogP contribution < -0.4 is 22.6 Å². The van der Waals surface area contributed by atoms with Crippen molar-refractivity contribution in [3.8, 4) is 0 Å². The van der Waals surface area contributed by atoms with Crippen molar-refractivity contribution in [2.75, 3.05) is 17.2 Å². The van der Waals surface area contributed by atoms with Gasteiger partial charge in [0.25, 0.3) is 11.1 Å². The van der Waals surface area contributed by atoms with Gasteiger partial charge >= 0.3 is 0 Å². The van der Waals surface area contributed by atoms with Crippen molar-refractivity contribution in [1.29, 1.82) is 0 Å². The smallest absolute Gasteiger partial charge is 0.278 e. The number of hydrogen-bond donors (Lipinski definition) is 6. The lowest BCUT2D eigenvalue weighted by atomic mass is 9.91. The van der Waals surface area contributed by atoms with Crippen LogP contribution in [0.1, 0.15) is 45.4 Å². The molecule has 0 saturated heterocycles.